The smallest absolute Gasteiger partial charge is 0.119 e. The molecule has 1 aromatic rings. The molecule has 4 nitrogen and oxygen atoms in total. The normalized spacial score (nSPS) is 19.6. The predicted octanol–water partition coefficient (Wildman–Crippen LogP) is 2.26. The summed E-state index contributed by atoms with van der Waals surface area (Å²) in [6, 6.07) is 7.70. The van der Waals surface area contributed by atoms with E-state index in [1.165, 1.54) is 0 Å². The van der Waals surface area contributed by atoms with Gasteiger partial charge in [-0.1, -0.05) is 19.1 Å². The van der Waals surface area contributed by atoms with Crippen LogP contribution in [0.4, 0.5) is 0 Å². The highest BCUT2D eigenvalue weighted by atomic mass is 16.5. The zero-order chi connectivity index (χ0) is 14.4. The lowest BCUT2D eigenvalue weighted by atomic mass is 9.73. The Hall–Kier alpha value is -1.10. The second-order valence-corrected chi connectivity index (χ2v) is 5.50. The van der Waals surface area contributed by atoms with E-state index < -0.39 is 6.10 Å². The summed E-state index contributed by atoms with van der Waals surface area (Å²) in [5.41, 5.74) is 6.58. The first-order valence-electron chi connectivity index (χ1n) is 7.40. The Labute approximate surface area is 120 Å². The monoisotopic (exact) mass is 279 g/mol. The van der Waals surface area contributed by atoms with E-state index in [0.29, 0.717) is 26.4 Å². The summed E-state index contributed by atoms with van der Waals surface area (Å²) in [6.07, 6.45) is 2.05. The van der Waals surface area contributed by atoms with Gasteiger partial charge in [0, 0.05) is 25.2 Å². The molecule has 3 N–H and O–H groups in total. The maximum atomic E-state index is 10.7. The molecule has 0 unspecified atom stereocenters. The van der Waals surface area contributed by atoms with Crippen molar-refractivity contribution in [1.82, 2.24) is 0 Å². The summed E-state index contributed by atoms with van der Waals surface area (Å²) in [4.78, 5) is 0. The molecule has 0 spiro atoms. The first-order chi connectivity index (χ1) is 9.72. The molecule has 1 aromatic carbocycles. The Kier molecular flexibility index (Phi) is 5.40. The average molecular weight is 279 g/mol. The fourth-order valence-corrected chi connectivity index (χ4v) is 2.69. The van der Waals surface area contributed by atoms with Crippen LogP contribution in [0.25, 0.3) is 0 Å². The van der Waals surface area contributed by atoms with Crippen molar-refractivity contribution in [2.24, 2.45) is 11.1 Å². The fourth-order valence-electron chi connectivity index (χ4n) is 2.69. The number of hydrogen-bond donors (Lipinski definition) is 2. The van der Waals surface area contributed by atoms with Crippen LogP contribution in [0.1, 0.15) is 37.9 Å². The predicted molar refractivity (Wildman–Crippen MR) is 78.7 cm³/mol. The minimum atomic E-state index is -0.545. The van der Waals surface area contributed by atoms with Crippen molar-refractivity contribution in [3.63, 3.8) is 0 Å². The molecule has 2 rings (SSSR count). The van der Waals surface area contributed by atoms with Gasteiger partial charge in [-0.25, -0.2) is 0 Å². The van der Waals surface area contributed by atoms with Crippen molar-refractivity contribution in [2.75, 3.05) is 26.4 Å². The minimum Gasteiger partial charge on any atom is -0.494 e. The van der Waals surface area contributed by atoms with E-state index >= 15 is 0 Å². The third kappa shape index (κ3) is 3.32. The van der Waals surface area contributed by atoms with Crippen molar-refractivity contribution in [3.8, 4) is 5.75 Å². The number of hydrogen-bond acceptors (Lipinski definition) is 4. The molecule has 20 heavy (non-hydrogen) atoms. The molecule has 1 aliphatic heterocycles. The topological polar surface area (TPSA) is 64.7 Å². The van der Waals surface area contributed by atoms with Crippen molar-refractivity contribution in [2.45, 2.75) is 32.3 Å². The number of aliphatic hydroxyl groups is 1. The van der Waals surface area contributed by atoms with Gasteiger partial charge >= 0.3 is 0 Å². The Morgan fingerprint density at radius 3 is 2.50 bits per heavy atom. The van der Waals surface area contributed by atoms with Gasteiger partial charge in [0.05, 0.1) is 12.7 Å². The molecule has 0 saturated carbocycles. The van der Waals surface area contributed by atoms with Gasteiger partial charge in [0.15, 0.2) is 0 Å². The Morgan fingerprint density at radius 2 is 1.95 bits per heavy atom. The minimum absolute atomic E-state index is 0.260. The highest BCUT2D eigenvalue weighted by molar-refractivity contribution is 5.29. The molecule has 0 bridgehead atoms. The van der Waals surface area contributed by atoms with Crippen LogP contribution in [0.15, 0.2) is 24.3 Å². The second kappa shape index (κ2) is 7.07. The van der Waals surface area contributed by atoms with Crippen molar-refractivity contribution in [1.29, 1.82) is 0 Å². The number of rotatable bonds is 6. The number of aliphatic hydroxyl groups excluding tert-OH is 1. The molecule has 1 fully saturated rings. The zero-order valence-corrected chi connectivity index (χ0v) is 12.2. The van der Waals surface area contributed by atoms with Crippen LogP contribution in [0.3, 0.4) is 0 Å². The van der Waals surface area contributed by atoms with Crippen LogP contribution < -0.4 is 10.5 Å². The molecule has 1 atom stereocenters. The highest BCUT2D eigenvalue weighted by Gasteiger charge is 2.39. The molecule has 4 heteroatoms. The van der Waals surface area contributed by atoms with Gasteiger partial charge in [-0.05, 0) is 37.0 Å². The Bertz CT molecular complexity index is 399. The SMILES string of the molecule is CCCOc1ccc([C@H](O)C2(CN)CCOCC2)cc1. The summed E-state index contributed by atoms with van der Waals surface area (Å²) < 4.78 is 10.9. The summed E-state index contributed by atoms with van der Waals surface area (Å²) in [7, 11) is 0. The largest absolute Gasteiger partial charge is 0.494 e. The van der Waals surface area contributed by atoms with Crippen LogP contribution >= 0.6 is 0 Å². The van der Waals surface area contributed by atoms with E-state index in [1.54, 1.807) is 0 Å². The van der Waals surface area contributed by atoms with Crippen LogP contribution in [-0.4, -0.2) is 31.5 Å². The van der Waals surface area contributed by atoms with E-state index in [1.807, 2.05) is 24.3 Å². The van der Waals surface area contributed by atoms with Crippen molar-refractivity contribution in [3.05, 3.63) is 29.8 Å². The molecule has 0 radical (unpaired) electrons. The molecule has 1 saturated heterocycles. The lowest BCUT2D eigenvalue weighted by Gasteiger charge is -2.40. The zero-order valence-electron chi connectivity index (χ0n) is 12.2. The molecule has 0 aromatic heterocycles. The van der Waals surface area contributed by atoms with Gasteiger partial charge in [-0.15, -0.1) is 0 Å². The Balaban J connectivity index is 2.09. The van der Waals surface area contributed by atoms with Crippen LogP contribution in [-0.2, 0) is 4.74 Å². The van der Waals surface area contributed by atoms with Crippen molar-refractivity contribution >= 4 is 0 Å². The van der Waals surface area contributed by atoms with E-state index in [2.05, 4.69) is 6.92 Å². The molecule has 112 valence electrons. The van der Waals surface area contributed by atoms with Gasteiger partial charge < -0.3 is 20.3 Å². The first kappa shape index (κ1) is 15.3. The van der Waals surface area contributed by atoms with Gasteiger partial charge in [-0.2, -0.15) is 0 Å². The number of nitrogens with two attached hydrogens (primary N) is 1. The molecule has 0 amide bonds. The standard InChI is InChI=1S/C16H25NO3/c1-2-9-20-14-5-3-13(4-6-14)15(18)16(12-17)7-10-19-11-8-16/h3-6,15,18H,2,7-12,17H2,1H3/t15-/m0/s1. The lowest BCUT2D eigenvalue weighted by Crippen LogP contribution is -2.41. The molecule has 1 aliphatic rings. The molecule has 1 heterocycles. The summed E-state index contributed by atoms with van der Waals surface area (Å²) in [6.45, 7) is 4.61. The second-order valence-electron chi connectivity index (χ2n) is 5.50. The molecule has 0 aliphatic carbocycles. The van der Waals surface area contributed by atoms with Gasteiger partial charge in [-0.3, -0.25) is 0 Å². The van der Waals surface area contributed by atoms with Crippen LogP contribution in [0, 0.1) is 5.41 Å². The molecular weight excluding hydrogens is 254 g/mol. The van der Waals surface area contributed by atoms with E-state index in [0.717, 1.165) is 30.6 Å². The third-order valence-electron chi connectivity index (χ3n) is 4.14. The Morgan fingerprint density at radius 1 is 1.30 bits per heavy atom. The summed E-state index contributed by atoms with van der Waals surface area (Å²) >= 11 is 0. The number of benzene rings is 1. The van der Waals surface area contributed by atoms with Crippen molar-refractivity contribution < 1.29 is 14.6 Å². The van der Waals surface area contributed by atoms with Crippen LogP contribution in [0.2, 0.25) is 0 Å². The maximum Gasteiger partial charge on any atom is 0.119 e. The molecular formula is C16H25NO3. The first-order valence-corrected chi connectivity index (χ1v) is 7.40. The van der Waals surface area contributed by atoms with Crippen LogP contribution in [0.5, 0.6) is 5.75 Å². The lowest BCUT2D eigenvalue weighted by molar-refractivity contribution is -0.0581. The number of ether oxygens (including phenoxy) is 2. The van der Waals surface area contributed by atoms with Gasteiger partial charge in [0.25, 0.3) is 0 Å². The summed E-state index contributed by atoms with van der Waals surface area (Å²) in [5, 5.41) is 10.7. The maximum absolute atomic E-state index is 10.7. The van der Waals surface area contributed by atoms with Gasteiger partial charge in [0.1, 0.15) is 5.75 Å². The quantitative estimate of drug-likeness (QED) is 0.838. The van der Waals surface area contributed by atoms with E-state index in [4.69, 9.17) is 15.2 Å². The highest BCUT2D eigenvalue weighted by Crippen LogP contribution is 2.41. The third-order valence-corrected chi connectivity index (χ3v) is 4.14. The summed E-state index contributed by atoms with van der Waals surface area (Å²) in [5.74, 6) is 0.844. The van der Waals surface area contributed by atoms with Gasteiger partial charge in [0.2, 0.25) is 0 Å². The fraction of sp³-hybridized carbons (Fsp3) is 0.625. The van der Waals surface area contributed by atoms with E-state index in [-0.39, 0.29) is 5.41 Å². The average Bonchev–Trinajstić information content (AvgIpc) is 2.53. The van der Waals surface area contributed by atoms with E-state index in [9.17, 15) is 5.11 Å².